The fourth-order valence-electron chi connectivity index (χ4n) is 3.96. The van der Waals surface area contributed by atoms with Crippen molar-refractivity contribution >= 4 is 18.4 Å². The summed E-state index contributed by atoms with van der Waals surface area (Å²) in [6.07, 6.45) is 5.33. The molecule has 1 saturated heterocycles. The van der Waals surface area contributed by atoms with Gasteiger partial charge in [0.15, 0.2) is 0 Å². The van der Waals surface area contributed by atoms with Crippen molar-refractivity contribution in [2.45, 2.75) is 38.1 Å². The second-order valence-electron chi connectivity index (χ2n) is 6.85. The maximum Gasteiger partial charge on any atom is 0.336 e. The zero-order chi connectivity index (χ0) is 18.4. The molecule has 3 rings (SSSR count). The third-order valence-corrected chi connectivity index (χ3v) is 5.27. The van der Waals surface area contributed by atoms with Crippen LogP contribution in [0.1, 0.15) is 53.2 Å². The number of hydrogen-bond donors (Lipinski definition) is 1. The van der Waals surface area contributed by atoms with E-state index >= 15 is 0 Å². The van der Waals surface area contributed by atoms with Crippen molar-refractivity contribution in [1.82, 2.24) is 4.90 Å². The SMILES string of the molecule is COc1cccc(C(=O)O)c1CCC(c1ccccc1)N1CCCCC1.Cl. The number of carbonyl (C=O) groups is 1. The highest BCUT2D eigenvalue weighted by Crippen LogP contribution is 2.32. The number of carboxylic acids is 1. The minimum absolute atomic E-state index is 0. The van der Waals surface area contributed by atoms with E-state index in [4.69, 9.17) is 4.74 Å². The molecule has 0 amide bonds. The van der Waals surface area contributed by atoms with Crippen LogP contribution in [0.3, 0.4) is 0 Å². The molecule has 0 spiro atoms. The normalized spacial score (nSPS) is 15.6. The number of piperidine rings is 1. The van der Waals surface area contributed by atoms with Gasteiger partial charge in [0.1, 0.15) is 5.75 Å². The van der Waals surface area contributed by atoms with E-state index in [9.17, 15) is 9.90 Å². The quantitative estimate of drug-likeness (QED) is 0.725. The van der Waals surface area contributed by atoms with Gasteiger partial charge in [0.05, 0.1) is 12.7 Å². The van der Waals surface area contributed by atoms with Gasteiger partial charge in [0.25, 0.3) is 0 Å². The summed E-state index contributed by atoms with van der Waals surface area (Å²) in [5, 5.41) is 9.55. The van der Waals surface area contributed by atoms with E-state index in [1.165, 1.54) is 24.8 Å². The van der Waals surface area contributed by atoms with Crippen LogP contribution in [0.4, 0.5) is 0 Å². The lowest BCUT2D eigenvalue weighted by Crippen LogP contribution is -2.34. The third kappa shape index (κ3) is 5.24. The predicted octanol–water partition coefficient (Wildman–Crippen LogP) is 4.98. The zero-order valence-corrected chi connectivity index (χ0v) is 16.6. The Balaban J connectivity index is 0.00000261. The Labute approximate surface area is 167 Å². The van der Waals surface area contributed by atoms with Gasteiger partial charge < -0.3 is 9.84 Å². The van der Waals surface area contributed by atoms with Gasteiger partial charge in [-0.3, -0.25) is 4.90 Å². The molecule has 4 nitrogen and oxygen atoms in total. The molecular formula is C22H28ClNO3. The summed E-state index contributed by atoms with van der Waals surface area (Å²) in [4.78, 5) is 14.2. The highest BCUT2D eigenvalue weighted by molar-refractivity contribution is 5.90. The van der Waals surface area contributed by atoms with E-state index in [1.54, 1.807) is 19.2 Å². The zero-order valence-electron chi connectivity index (χ0n) is 15.8. The van der Waals surface area contributed by atoms with Gasteiger partial charge in [-0.05, 0) is 56.5 Å². The van der Waals surface area contributed by atoms with Crippen LogP contribution in [0.5, 0.6) is 5.75 Å². The first-order valence-corrected chi connectivity index (χ1v) is 9.39. The molecule has 0 aromatic heterocycles. The number of carboxylic acid groups (broad SMARTS) is 1. The Morgan fingerprint density at radius 1 is 1.07 bits per heavy atom. The van der Waals surface area contributed by atoms with Crippen molar-refractivity contribution in [3.05, 3.63) is 65.2 Å². The number of ether oxygens (including phenoxy) is 1. The van der Waals surface area contributed by atoms with E-state index in [0.717, 1.165) is 25.1 Å². The van der Waals surface area contributed by atoms with Crippen LogP contribution in [-0.2, 0) is 6.42 Å². The molecule has 2 aromatic carbocycles. The minimum Gasteiger partial charge on any atom is -0.496 e. The Morgan fingerprint density at radius 3 is 2.41 bits per heavy atom. The lowest BCUT2D eigenvalue weighted by molar-refractivity contribution is 0.0695. The van der Waals surface area contributed by atoms with E-state index in [-0.39, 0.29) is 12.4 Å². The summed E-state index contributed by atoms with van der Waals surface area (Å²) in [6, 6.07) is 16.1. The van der Waals surface area contributed by atoms with Crippen molar-refractivity contribution in [1.29, 1.82) is 0 Å². The van der Waals surface area contributed by atoms with Gasteiger partial charge in [0.2, 0.25) is 0 Å². The van der Waals surface area contributed by atoms with Gasteiger partial charge >= 0.3 is 5.97 Å². The lowest BCUT2D eigenvalue weighted by Gasteiger charge is -2.35. The standard InChI is InChI=1S/C22H27NO3.ClH/c1-26-21-12-8-11-19(22(24)25)18(21)13-14-20(17-9-4-2-5-10-17)23-15-6-3-7-16-23;/h2,4-5,8-12,20H,3,6-7,13-16H2,1H3,(H,24,25);1H. The topological polar surface area (TPSA) is 49.8 Å². The lowest BCUT2D eigenvalue weighted by atomic mass is 9.93. The molecule has 146 valence electrons. The van der Waals surface area contributed by atoms with E-state index < -0.39 is 5.97 Å². The molecule has 1 fully saturated rings. The van der Waals surface area contributed by atoms with E-state index in [2.05, 4.69) is 29.2 Å². The summed E-state index contributed by atoms with van der Waals surface area (Å²) in [6.45, 7) is 2.22. The number of aromatic carboxylic acids is 1. The molecule has 1 aliphatic heterocycles. The molecule has 0 aliphatic carbocycles. The Bertz CT molecular complexity index is 730. The van der Waals surface area contributed by atoms with Crippen molar-refractivity contribution in [3.8, 4) is 5.75 Å². The van der Waals surface area contributed by atoms with E-state index in [0.29, 0.717) is 23.8 Å². The number of hydrogen-bond acceptors (Lipinski definition) is 3. The fourth-order valence-corrected chi connectivity index (χ4v) is 3.96. The Kier molecular flexibility index (Phi) is 8.14. The van der Waals surface area contributed by atoms with Gasteiger partial charge in [-0.25, -0.2) is 4.79 Å². The fraction of sp³-hybridized carbons (Fsp3) is 0.409. The molecule has 1 N–H and O–H groups in total. The first-order chi connectivity index (χ1) is 12.7. The van der Waals surface area contributed by atoms with E-state index in [1.807, 2.05) is 12.1 Å². The molecule has 1 atom stereocenters. The maximum absolute atomic E-state index is 11.6. The van der Waals surface area contributed by atoms with Gasteiger partial charge in [-0.1, -0.05) is 42.8 Å². The summed E-state index contributed by atoms with van der Waals surface area (Å²) in [5.74, 6) is -0.233. The van der Waals surface area contributed by atoms with Gasteiger partial charge in [0, 0.05) is 11.6 Å². The first kappa shape index (κ1) is 21.3. The second-order valence-corrected chi connectivity index (χ2v) is 6.85. The van der Waals surface area contributed by atoms with Crippen molar-refractivity contribution in [2.24, 2.45) is 0 Å². The number of rotatable bonds is 7. The van der Waals surface area contributed by atoms with Crippen LogP contribution in [0, 0.1) is 0 Å². The first-order valence-electron chi connectivity index (χ1n) is 9.39. The monoisotopic (exact) mass is 389 g/mol. The third-order valence-electron chi connectivity index (χ3n) is 5.27. The predicted molar refractivity (Wildman–Crippen MR) is 110 cm³/mol. The smallest absolute Gasteiger partial charge is 0.336 e. The maximum atomic E-state index is 11.6. The van der Waals surface area contributed by atoms with Gasteiger partial charge in [-0.15, -0.1) is 12.4 Å². The molecule has 27 heavy (non-hydrogen) atoms. The molecule has 1 heterocycles. The molecule has 2 aromatic rings. The number of likely N-dealkylation sites (tertiary alicyclic amines) is 1. The Morgan fingerprint density at radius 2 is 1.78 bits per heavy atom. The molecular weight excluding hydrogens is 362 g/mol. The van der Waals surface area contributed by atoms with Crippen molar-refractivity contribution < 1.29 is 14.6 Å². The average molecular weight is 390 g/mol. The average Bonchev–Trinajstić information content (AvgIpc) is 2.69. The molecule has 5 heteroatoms. The molecule has 1 aliphatic rings. The van der Waals surface area contributed by atoms with Crippen LogP contribution in [0.15, 0.2) is 48.5 Å². The molecule has 0 saturated carbocycles. The number of benzene rings is 2. The van der Waals surface area contributed by atoms with Crippen molar-refractivity contribution in [2.75, 3.05) is 20.2 Å². The van der Waals surface area contributed by atoms with Crippen LogP contribution in [0.2, 0.25) is 0 Å². The summed E-state index contributed by atoms with van der Waals surface area (Å²) in [5.41, 5.74) is 2.44. The number of halogens is 1. The Hall–Kier alpha value is -2.04. The van der Waals surface area contributed by atoms with Crippen LogP contribution in [-0.4, -0.2) is 36.2 Å². The van der Waals surface area contributed by atoms with Crippen LogP contribution in [0.25, 0.3) is 0 Å². The summed E-state index contributed by atoms with van der Waals surface area (Å²) >= 11 is 0. The van der Waals surface area contributed by atoms with Gasteiger partial charge in [-0.2, -0.15) is 0 Å². The highest BCUT2D eigenvalue weighted by atomic mass is 35.5. The molecule has 0 bridgehead atoms. The highest BCUT2D eigenvalue weighted by Gasteiger charge is 2.24. The number of nitrogens with zero attached hydrogens (tertiary/aromatic N) is 1. The van der Waals surface area contributed by atoms with Crippen LogP contribution >= 0.6 is 12.4 Å². The van der Waals surface area contributed by atoms with Crippen molar-refractivity contribution in [3.63, 3.8) is 0 Å². The summed E-state index contributed by atoms with van der Waals surface area (Å²) < 4.78 is 5.44. The van der Waals surface area contributed by atoms with Crippen LogP contribution < -0.4 is 4.74 Å². The largest absolute Gasteiger partial charge is 0.496 e. The number of methoxy groups -OCH3 is 1. The molecule has 1 unspecified atom stereocenters. The molecule has 0 radical (unpaired) electrons. The summed E-state index contributed by atoms with van der Waals surface area (Å²) in [7, 11) is 1.60. The minimum atomic E-state index is -0.895. The second kappa shape index (κ2) is 10.3.